The minimum Gasteiger partial charge on any atom is -0.379 e. The Morgan fingerprint density at radius 3 is 2.87 bits per heavy atom. The van der Waals surface area contributed by atoms with Crippen LogP contribution in [0.15, 0.2) is 48.5 Å². The van der Waals surface area contributed by atoms with Gasteiger partial charge in [-0.15, -0.1) is 10.2 Å². The van der Waals surface area contributed by atoms with Gasteiger partial charge in [0.2, 0.25) is 0 Å². The second-order valence-corrected chi connectivity index (χ2v) is 7.70. The van der Waals surface area contributed by atoms with Gasteiger partial charge in [0, 0.05) is 36.6 Å². The molecule has 0 amide bonds. The van der Waals surface area contributed by atoms with Gasteiger partial charge in [-0.2, -0.15) is 5.10 Å². The fraction of sp³-hybridized carbons (Fsp3) is 0.273. The van der Waals surface area contributed by atoms with Crippen LogP contribution in [0.1, 0.15) is 11.3 Å². The predicted octanol–water partition coefficient (Wildman–Crippen LogP) is 2.33. The molecule has 3 heterocycles. The molecule has 1 atom stereocenters. The number of aryl methyl sites for hydroxylation is 1. The van der Waals surface area contributed by atoms with E-state index in [1.165, 1.54) is 5.56 Å². The number of hydrogen-bond donors (Lipinski definition) is 3. The molecule has 2 aromatic carbocycles. The molecular formula is C22H24N8. The number of nitrogen functional groups attached to an aromatic ring is 1. The molecule has 0 unspecified atom stereocenters. The topological polar surface area (TPSA) is 109 Å². The number of hydrogen-bond acceptors (Lipinski definition) is 7. The molecule has 152 valence electrons. The van der Waals surface area contributed by atoms with Crippen molar-refractivity contribution in [3.63, 3.8) is 0 Å². The van der Waals surface area contributed by atoms with Gasteiger partial charge in [-0.1, -0.05) is 30.3 Å². The first kappa shape index (κ1) is 18.5. The third-order valence-corrected chi connectivity index (χ3v) is 5.58. The zero-order valence-electron chi connectivity index (χ0n) is 16.8. The maximum atomic E-state index is 6.18. The summed E-state index contributed by atoms with van der Waals surface area (Å²) in [6.07, 6.45) is 0.957. The highest BCUT2D eigenvalue weighted by Gasteiger charge is 2.23. The van der Waals surface area contributed by atoms with E-state index in [2.05, 4.69) is 54.9 Å². The van der Waals surface area contributed by atoms with Crippen molar-refractivity contribution >= 4 is 22.5 Å². The first-order valence-corrected chi connectivity index (χ1v) is 10.1. The van der Waals surface area contributed by atoms with Gasteiger partial charge in [-0.05, 0) is 37.1 Å². The lowest BCUT2D eigenvalue weighted by Crippen LogP contribution is -2.52. The SMILES string of the molecule is Cc1n[nH]c2ccc(-c3nnc(N)c(N4CCN[C@@H](Cc5ccccc5)C4)n3)cc12. The van der Waals surface area contributed by atoms with Crippen LogP contribution < -0.4 is 16.0 Å². The van der Waals surface area contributed by atoms with Crippen molar-refractivity contribution in [2.24, 2.45) is 0 Å². The number of rotatable bonds is 4. The molecule has 0 spiro atoms. The van der Waals surface area contributed by atoms with Crippen molar-refractivity contribution < 1.29 is 0 Å². The summed E-state index contributed by atoms with van der Waals surface area (Å²) >= 11 is 0. The Balaban J connectivity index is 1.41. The van der Waals surface area contributed by atoms with Crippen LogP contribution in [0.5, 0.6) is 0 Å². The van der Waals surface area contributed by atoms with Crippen molar-refractivity contribution in [3.8, 4) is 11.4 Å². The number of aromatic nitrogens is 5. The van der Waals surface area contributed by atoms with E-state index in [0.717, 1.165) is 48.2 Å². The summed E-state index contributed by atoms with van der Waals surface area (Å²) in [4.78, 5) is 7.01. The molecule has 30 heavy (non-hydrogen) atoms. The molecule has 0 saturated carbocycles. The Bertz CT molecular complexity index is 1170. The third-order valence-electron chi connectivity index (χ3n) is 5.58. The number of benzene rings is 2. The number of H-pyrrole nitrogens is 1. The van der Waals surface area contributed by atoms with Crippen LogP contribution in [0.4, 0.5) is 11.6 Å². The van der Waals surface area contributed by atoms with Gasteiger partial charge in [-0.3, -0.25) is 5.10 Å². The minimum absolute atomic E-state index is 0.323. The molecule has 1 aliphatic rings. The molecule has 8 heteroatoms. The van der Waals surface area contributed by atoms with Gasteiger partial charge in [0.25, 0.3) is 0 Å². The predicted molar refractivity (Wildman–Crippen MR) is 118 cm³/mol. The lowest BCUT2D eigenvalue weighted by molar-refractivity contribution is 0.452. The Kier molecular flexibility index (Phi) is 4.76. The third kappa shape index (κ3) is 3.57. The normalized spacial score (nSPS) is 16.8. The lowest BCUT2D eigenvalue weighted by Gasteiger charge is -2.34. The Hall–Kier alpha value is -3.52. The van der Waals surface area contributed by atoms with Gasteiger partial charge < -0.3 is 16.0 Å². The molecule has 5 rings (SSSR count). The van der Waals surface area contributed by atoms with Crippen LogP contribution in [0.3, 0.4) is 0 Å². The van der Waals surface area contributed by atoms with Gasteiger partial charge in [0.1, 0.15) is 0 Å². The number of nitrogens with two attached hydrogens (primary N) is 1. The van der Waals surface area contributed by atoms with Crippen molar-refractivity contribution in [2.45, 2.75) is 19.4 Å². The summed E-state index contributed by atoms with van der Waals surface area (Å²) in [5.74, 6) is 1.63. The van der Waals surface area contributed by atoms with Crippen molar-refractivity contribution in [2.75, 3.05) is 30.3 Å². The van der Waals surface area contributed by atoms with E-state index in [1.54, 1.807) is 0 Å². The minimum atomic E-state index is 0.323. The molecule has 0 bridgehead atoms. The Morgan fingerprint density at radius 2 is 2.00 bits per heavy atom. The van der Waals surface area contributed by atoms with Crippen LogP contribution in [0.2, 0.25) is 0 Å². The smallest absolute Gasteiger partial charge is 0.189 e. The van der Waals surface area contributed by atoms with Crippen LogP contribution in [-0.2, 0) is 6.42 Å². The second-order valence-electron chi connectivity index (χ2n) is 7.70. The van der Waals surface area contributed by atoms with E-state index < -0.39 is 0 Å². The van der Waals surface area contributed by atoms with Crippen molar-refractivity contribution in [3.05, 3.63) is 59.8 Å². The van der Waals surface area contributed by atoms with Gasteiger partial charge >= 0.3 is 0 Å². The highest BCUT2D eigenvalue weighted by molar-refractivity contribution is 5.85. The van der Waals surface area contributed by atoms with Crippen LogP contribution in [-0.4, -0.2) is 51.1 Å². The van der Waals surface area contributed by atoms with E-state index in [9.17, 15) is 0 Å². The molecule has 0 radical (unpaired) electrons. The molecule has 2 aromatic heterocycles. The molecule has 8 nitrogen and oxygen atoms in total. The van der Waals surface area contributed by atoms with Crippen molar-refractivity contribution in [1.29, 1.82) is 0 Å². The number of nitrogens with zero attached hydrogens (tertiary/aromatic N) is 5. The van der Waals surface area contributed by atoms with Crippen LogP contribution >= 0.6 is 0 Å². The average Bonchev–Trinajstić information content (AvgIpc) is 3.15. The first-order valence-electron chi connectivity index (χ1n) is 10.1. The lowest BCUT2D eigenvalue weighted by atomic mass is 10.0. The van der Waals surface area contributed by atoms with E-state index in [4.69, 9.17) is 10.7 Å². The average molecular weight is 400 g/mol. The largest absolute Gasteiger partial charge is 0.379 e. The Labute approximate surface area is 174 Å². The zero-order chi connectivity index (χ0) is 20.5. The molecular weight excluding hydrogens is 376 g/mol. The maximum Gasteiger partial charge on any atom is 0.189 e. The summed E-state index contributed by atoms with van der Waals surface area (Å²) in [6.45, 7) is 4.49. The standard InChI is InChI=1S/C22H24N8/c1-14-18-12-16(7-8-19(18)27-26-14)21-25-22(20(23)28-29-21)30-10-9-24-17(13-30)11-15-5-3-2-4-6-15/h2-8,12,17,24H,9-11,13H2,1H3,(H2,23,28)(H,26,27)/t17-/m0/s1. The summed E-state index contributed by atoms with van der Waals surface area (Å²) < 4.78 is 0. The number of aromatic amines is 1. The summed E-state index contributed by atoms with van der Waals surface area (Å²) in [7, 11) is 0. The fourth-order valence-corrected chi connectivity index (χ4v) is 4.02. The van der Waals surface area contributed by atoms with E-state index in [1.807, 2.05) is 31.2 Å². The molecule has 1 fully saturated rings. The molecule has 1 saturated heterocycles. The molecule has 4 aromatic rings. The molecule has 0 aliphatic carbocycles. The van der Waals surface area contributed by atoms with E-state index >= 15 is 0 Å². The second kappa shape index (κ2) is 7.72. The zero-order valence-corrected chi connectivity index (χ0v) is 16.8. The van der Waals surface area contributed by atoms with Crippen molar-refractivity contribution in [1.82, 2.24) is 30.7 Å². The van der Waals surface area contributed by atoms with E-state index in [0.29, 0.717) is 23.5 Å². The van der Waals surface area contributed by atoms with Gasteiger partial charge in [0.15, 0.2) is 17.5 Å². The fourth-order valence-electron chi connectivity index (χ4n) is 4.02. The summed E-state index contributed by atoms with van der Waals surface area (Å²) in [5.41, 5.74) is 10.3. The van der Waals surface area contributed by atoms with Gasteiger partial charge in [0.05, 0.1) is 11.2 Å². The van der Waals surface area contributed by atoms with Gasteiger partial charge in [-0.25, -0.2) is 4.98 Å². The van der Waals surface area contributed by atoms with Crippen LogP contribution in [0, 0.1) is 6.92 Å². The highest BCUT2D eigenvalue weighted by Crippen LogP contribution is 2.26. The highest BCUT2D eigenvalue weighted by atomic mass is 15.3. The van der Waals surface area contributed by atoms with E-state index in [-0.39, 0.29) is 0 Å². The Morgan fingerprint density at radius 1 is 1.13 bits per heavy atom. The molecule has 4 N–H and O–H groups in total. The first-order chi connectivity index (χ1) is 14.7. The number of fused-ring (bicyclic) bond motifs is 1. The summed E-state index contributed by atoms with van der Waals surface area (Å²) in [5, 5.41) is 20.4. The number of anilines is 2. The number of piperazine rings is 1. The quantitative estimate of drug-likeness (QED) is 0.482. The monoisotopic (exact) mass is 400 g/mol. The number of nitrogens with one attached hydrogen (secondary N) is 2. The molecule has 1 aliphatic heterocycles. The van der Waals surface area contributed by atoms with Crippen LogP contribution in [0.25, 0.3) is 22.3 Å². The summed E-state index contributed by atoms with van der Waals surface area (Å²) in [6, 6.07) is 16.9. The maximum absolute atomic E-state index is 6.18.